The molecule has 2 N–H and O–H groups in total. The molecule has 0 aliphatic heterocycles. The van der Waals surface area contributed by atoms with Crippen LogP contribution < -0.4 is 15.4 Å². The highest BCUT2D eigenvalue weighted by molar-refractivity contribution is 5.93. The summed E-state index contributed by atoms with van der Waals surface area (Å²) in [5, 5.41) is 6.00. The fourth-order valence-corrected chi connectivity index (χ4v) is 2.16. The van der Waals surface area contributed by atoms with E-state index in [0.29, 0.717) is 24.6 Å². The molecule has 0 radical (unpaired) electrons. The van der Waals surface area contributed by atoms with Gasteiger partial charge in [-0.1, -0.05) is 25.5 Å². The van der Waals surface area contributed by atoms with Crippen LogP contribution in [0.4, 0.5) is 5.95 Å². The number of anilines is 1. The fraction of sp³-hybridized carbons (Fsp3) is 0.389. The zero-order chi connectivity index (χ0) is 17.2. The molecule has 0 unspecified atom stereocenters. The standard InChI is InChI=1S/C18H24N4O2/c1-3-4-9-19-17(23)15-12-21-18(22-13-15)20-10-8-14-6-5-7-16(11-14)24-2/h5-7,11-13H,3-4,8-10H2,1-2H3,(H,19,23)(H,20,21,22). The largest absolute Gasteiger partial charge is 0.497 e. The highest BCUT2D eigenvalue weighted by atomic mass is 16.5. The molecular formula is C18H24N4O2. The molecule has 1 heterocycles. The average Bonchev–Trinajstić information content (AvgIpc) is 2.62. The van der Waals surface area contributed by atoms with Crippen LogP contribution in [0.2, 0.25) is 0 Å². The van der Waals surface area contributed by atoms with Crippen LogP contribution in [0.15, 0.2) is 36.7 Å². The van der Waals surface area contributed by atoms with Crippen molar-refractivity contribution in [1.82, 2.24) is 15.3 Å². The summed E-state index contributed by atoms with van der Waals surface area (Å²) in [6.07, 6.45) is 5.94. The van der Waals surface area contributed by atoms with Gasteiger partial charge in [0.15, 0.2) is 0 Å². The summed E-state index contributed by atoms with van der Waals surface area (Å²) >= 11 is 0. The lowest BCUT2D eigenvalue weighted by molar-refractivity contribution is 0.0952. The summed E-state index contributed by atoms with van der Waals surface area (Å²) in [7, 11) is 1.66. The first-order chi connectivity index (χ1) is 11.7. The highest BCUT2D eigenvalue weighted by Gasteiger charge is 2.06. The number of aromatic nitrogens is 2. The maximum absolute atomic E-state index is 11.9. The van der Waals surface area contributed by atoms with Crippen LogP contribution in [0.3, 0.4) is 0 Å². The molecule has 128 valence electrons. The number of hydrogen-bond acceptors (Lipinski definition) is 5. The normalized spacial score (nSPS) is 10.2. The van der Waals surface area contributed by atoms with Crippen LogP contribution in [-0.2, 0) is 6.42 Å². The Morgan fingerprint density at radius 1 is 1.21 bits per heavy atom. The van der Waals surface area contributed by atoms with Crippen molar-refractivity contribution >= 4 is 11.9 Å². The lowest BCUT2D eigenvalue weighted by atomic mass is 10.1. The molecule has 0 saturated carbocycles. The van der Waals surface area contributed by atoms with Crippen LogP contribution in [-0.4, -0.2) is 36.1 Å². The van der Waals surface area contributed by atoms with E-state index in [-0.39, 0.29) is 5.91 Å². The maximum Gasteiger partial charge on any atom is 0.254 e. The molecule has 1 aromatic heterocycles. The molecule has 24 heavy (non-hydrogen) atoms. The Kier molecular flexibility index (Phi) is 7.01. The summed E-state index contributed by atoms with van der Waals surface area (Å²) in [6.45, 7) is 3.46. The van der Waals surface area contributed by atoms with Crippen molar-refractivity contribution < 1.29 is 9.53 Å². The summed E-state index contributed by atoms with van der Waals surface area (Å²) in [5.41, 5.74) is 1.65. The predicted octanol–water partition coefficient (Wildman–Crippen LogP) is 2.67. The van der Waals surface area contributed by atoms with E-state index in [1.807, 2.05) is 18.2 Å². The predicted molar refractivity (Wildman–Crippen MR) is 94.5 cm³/mol. The van der Waals surface area contributed by atoms with Gasteiger partial charge >= 0.3 is 0 Å². The van der Waals surface area contributed by atoms with Gasteiger partial charge in [-0.2, -0.15) is 0 Å². The number of carbonyl (C=O) groups excluding carboxylic acids is 1. The number of amides is 1. The molecule has 1 amide bonds. The minimum Gasteiger partial charge on any atom is -0.497 e. The van der Waals surface area contributed by atoms with Crippen molar-refractivity contribution in [3.05, 3.63) is 47.8 Å². The van der Waals surface area contributed by atoms with Crippen LogP contribution >= 0.6 is 0 Å². The first-order valence-electron chi connectivity index (χ1n) is 8.20. The highest BCUT2D eigenvalue weighted by Crippen LogP contribution is 2.13. The van der Waals surface area contributed by atoms with Crippen molar-refractivity contribution in [2.24, 2.45) is 0 Å². The number of unbranched alkanes of at least 4 members (excludes halogenated alkanes) is 1. The quantitative estimate of drug-likeness (QED) is 0.692. The van der Waals surface area contributed by atoms with E-state index >= 15 is 0 Å². The molecule has 0 fully saturated rings. The van der Waals surface area contributed by atoms with Gasteiger partial charge < -0.3 is 15.4 Å². The van der Waals surface area contributed by atoms with Gasteiger partial charge in [-0.15, -0.1) is 0 Å². The summed E-state index contributed by atoms with van der Waals surface area (Å²) in [5.74, 6) is 1.23. The molecule has 2 aromatic rings. The van der Waals surface area contributed by atoms with Crippen LogP contribution in [0.5, 0.6) is 5.75 Å². The van der Waals surface area contributed by atoms with E-state index in [2.05, 4.69) is 33.6 Å². The molecule has 0 aliphatic rings. The molecule has 0 aliphatic carbocycles. The number of benzene rings is 1. The first-order valence-corrected chi connectivity index (χ1v) is 8.20. The van der Waals surface area contributed by atoms with Gasteiger partial charge in [0.2, 0.25) is 5.95 Å². The number of carbonyl (C=O) groups is 1. The van der Waals surface area contributed by atoms with E-state index in [4.69, 9.17) is 4.74 Å². The lowest BCUT2D eigenvalue weighted by Gasteiger charge is -2.07. The lowest BCUT2D eigenvalue weighted by Crippen LogP contribution is -2.24. The van der Waals surface area contributed by atoms with Gasteiger partial charge in [-0.05, 0) is 30.5 Å². The Morgan fingerprint density at radius 3 is 2.71 bits per heavy atom. The van der Waals surface area contributed by atoms with E-state index in [1.54, 1.807) is 19.5 Å². The SMILES string of the molecule is CCCCNC(=O)c1cnc(NCCc2cccc(OC)c2)nc1. The third kappa shape index (κ3) is 5.53. The molecule has 0 atom stereocenters. The van der Waals surface area contributed by atoms with Crippen molar-refractivity contribution in [3.63, 3.8) is 0 Å². The Morgan fingerprint density at radius 2 is 2.00 bits per heavy atom. The minimum atomic E-state index is -0.133. The number of rotatable bonds is 9. The number of nitrogens with zero attached hydrogens (tertiary/aromatic N) is 2. The molecule has 0 bridgehead atoms. The van der Waals surface area contributed by atoms with Gasteiger partial charge in [0.05, 0.1) is 12.7 Å². The molecule has 6 nitrogen and oxygen atoms in total. The first kappa shape index (κ1) is 17.7. The summed E-state index contributed by atoms with van der Waals surface area (Å²) in [6, 6.07) is 7.95. The zero-order valence-electron chi connectivity index (χ0n) is 14.2. The molecule has 0 saturated heterocycles. The van der Waals surface area contributed by atoms with Crippen molar-refractivity contribution in [2.45, 2.75) is 26.2 Å². The third-order valence-corrected chi connectivity index (χ3v) is 3.56. The molecular weight excluding hydrogens is 304 g/mol. The zero-order valence-corrected chi connectivity index (χ0v) is 14.2. The van der Waals surface area contributed by atoms with Crippen molar-refractivity contribution in [2.75, 3.05) is 25.5 Å². The van der Waals surface area contributed by atoms with Crippen LogP contribution in [0, 0.1) is 0 Å². The molecule has 2 rings (SSSR count). The van der Waals surface area contributed by atoms with Gasteiger partial charge in [0.1, 0.15) is 5.75 Å². The Bertz CT molecular complexity index is 644. The monoisotopic (exact) mass is 328 g/mol. The second kappa shape index (κ2) is 9.50. The molecule has 6 heteroatoms. The minimum absolute atomic E-state index is 0.133. The number of ether oxygens (including phenoxy) is 1. The van der Waals surface area contributed by atoms with Crippen LogP contribution in [0.1, 0.15) is 35.7 Å². The molecule has 0 spiro atoms. The van der Waals surface area contributed by atoms with Crippen molar-refractivity contribution in [1.29, 1.82) is 0 Å². The Balaban J connectivity index is 1.80. The second-order valence-electron chi connectivity index (χ2n) is 5.43. The topological polar surface area (TPSA) is 76.1 Å². The van der Waals surface area contributed by atoms with Crippen molar-refractivity contribution in [3.8, 4) is 5.75 Å². The number of methoxy groups -OCH3 is 1. The fourth-order valence-electron chi connectivity index (χ4n) is 2.16. The van der Waals surface area contributed by atoms with E-state index in [0.717, 1.165) is 25.0 Å². The van der Waals surface area contributed by atoms with Gasteiger partial charge in [0.25, 0.3) is 5.91 Å². The number of nitrogens with one attached hydrogen (secondary N) is 2. The summed E-state index contributed by atoms with van der Waals surface area (Å²) in [4.78, 5) is 20.2. The summed E-state index contributed by atoms with van der Waals surface area (Å²) < 4.78 is 5.21. The van der Waals surface area contributed by atoms with Gasteiger partial charge in [-0.3, -0.25) is 4.79 Å². The van der Waals surface area contributed by atoms with E-state index < -0.39 is 0 Å². The second-order valence-corrected chi connectivity index (χ2v) is 5.43. The maximum atomic E-state index is 11.9. The van der Waals surface area contributed by atoms with Gasteiger partial charge in [0, 0.05) is 25.5 Å². The van der Waals surface area contributed by atoms with Crippen LogP contribution in [0.25, 0.3) is 0 Å². The molecule has 1 aromatic carbocycles. The smallest absolute Gasteiger partial charge is 0.254 e. The Hall–Kier alpha value is -2.63. The van der Waals surface area contributed by atoms with Gasteiger partial charge in [-0.25, -0.2) is 9.97 Å². The third-order valence-electron chi connectivity index (χ3n) is 3.56. The van der Waals surface area contributed by atoms with E-state index in [1.165, 1.54) is 5.56 Å². The average molecular weight is 328 g/mol. The number of hydrogen-bond donors (Lipinski definition) is 2. The Labute approximate surface area is 142 Å². The van der Waals surface area contributed by atoms with E-state index in [9.17, 15) is 4.79 Å².